The highest BCUT2D eigenvalue weighted by Crippen LogP contribution is 2.45. The van der Waals surface area contributed by atoms with Gasteiger partial charge < -0.3 is 28.4 Å². The summed E-state index contributed by atoms with van der Waals surface area (Å²) < 4.78 is 34.2. The smallest absolute Gasteiger partial charge is 0.232 e. The summed E-state index contributed by atoms with van der Waals surface area (Å²) in [5, 5.41) is 0.528. The van der Waals surface area contributed by atoms with Gasteiger partial charge in [0.25, 0.3) is 0 Å². The largest absolute Gasteiger partial charge is 0.493 e. The highest BCUT2D eigenvalue weighted by atomic mass is 35.5. The number of benzene rings is 3. The Balaban J connectivity index is 1.31. The van der Waals surface area contributed by atoms with Crippen LogP contribution in [0.25, 0.3) is 6.08 Å². The van der Waals surface area contributed by atoms with Crippen molar-refractivity contribution in [3.63, 3.8) is 0 Å². The first-order chi connectivity index (χ1) is 18.4. The minimum atomic E-state index is -0.182. The number of aryl methyl sites for hydroxylation is 1. The average molecular weight is 536 g/mol. The number of hydrogen-bond acceptors (Lipinski definition) is 8. The number of methoxy groups -OCH3 is 2. The van der Waals surface area contributed by atoms with Gasteiger partial charge in [0, 0.05) is 29.2 Å². The number of ether oxygens (including phenoxy) is 6. The van der Waals surface area contributed by atoms with Crippen LogP contribution in [0.4, 0.5) is 0 Å². The van der Waals surface area contributed by atoms with Crippen molar-refractivity contribution in [1.29, 1.82) is 0 Å². The Morgan fingerprint density at radius 3 is 2.71 bits per heavy atom. The molecule has 196 valence electrons. The monoisotopic (exact) mass is 535 g/mol. The fourth-order valence-electron chi connectivity index (χ4n) is 5.07. The Morgan fingerprint density at radius 1 is 1.05 bits per heavy atom. The van der Waals surface area contributed by atoms with E-state index in [4.69, 9.17) is 40.0 Å². The van der Waals surface area contributed by atoms with Gasteiger partial charge in [-0.25, -0.2) is 0 Å². The number of carbonyl (C=O) groups is 1. The molecule has 6 rings (SSSR count). The Bertz CT molecular complexity index is 1480. The molecule has 0 aromatic heterocycles. The van der Waals surface area contributed by atoms with E-state index in [0.29, 0.717) is 65.6 Å². The molecule has 3 heterocycles. The number of ketones is 1. The summed E-state index contributed by atoms with van der Waals surface area (Å²) in [5.41, 5.74) is 4.73. The topological polar surface area (TPSA) is 75.7 Å². The highest BCUT2D eigenvalue weighted by Gasteiger charge is 2.36. The number of hydrogen-bond donors (Lipinski definition) is 0. The quantitative estimate of drug-likeness (QED) is 0.396. The number of nitrogens with zero attached hydrogens (tertiary/aromatic N) is 1. The minimum absolute atomic E-state index is 0.139. The van der Waals surface area contributed by atoms with Gasteiger partial charge in [0.05, 0.1) is 32.0 Å². The molecule has 3 aromatic rings. The Morgan fingerprint density at radius 2 is 1.89 bits per heavy atom. The van der Waals surface area contributed by atoms with E-state index in [1.807, 2.05) is 31.2 Å². The van der Waals surface area contributed by atoms with Crippen molar-refractivity contribution in [3.8, 4) is 28.7 Å². The lowest BCUT2D eigenvalue weighted by Gasteiger charge is -2.30. The van der Waals surface area contributed by atoms with Crippen molar-refractivity contribution in [1.82, 2.24) is 4.90 Å². The second-order valence-corrected chi connectivity index (χ2v) is 9.79. The fourth-order valence-corrected chi connectivity index (χ4v) is 5.32. The molecule has 3 aliphatic heterocycles. The number of halogens is 1. The van der Waals surface area contributed by atoms with E-state index in [1.165, 1.54) is 0 Å². The molecule has 0 bridgehead atoms. The molecule has 0 saturated heterocycles. The summed E-state index contributed by atoms with van der Waals surface area (Å²) in [7, 11) is 3.23. The lowest BCUT2D eigenvalue weighted by Crippen LogP contribution is -2.31. The van der Waals surface area contributed by atoms with Gasteiger partial charge in [0.2, 0.25) is 5.78 Å². The number of Topliss-reactive ketones (excluding diaryl/α,β-unsaturated/α-hetero) is 1. The van der Waals surface area contributed by atoms with Gasteiger partial charge in [-0.3, -0.25) is 9.69 Å². The van der Waals surface area contributed by atoms with Crippen LogP contribution in [0.15, 0.2) is 42.2 Å². The first kappa shape index (κ1) is 24.6. The molecule has 38 heavy (non-hydrogen) atoms. The van der Waals surface area contributed by atoms with E-state index in [-0.39, 0.29) is 18.3 Å². The van der Waals surface area contributed by atoms with Crippen LogP contribution in [0.5, 0.6) is 28.7 Å². The third kappa shape index (κ3) is 4.34. The molecule has 0 aliphatic carbocycles. The van der Waals surface area contributed by atoms with Gasteiger partial charge in [0.1, 0.15) is 24.0 Å². The molecule has 0 amide bonds. The van der Waals surface area contributed by atoms with Crippen LogP contribution >= 0.6 is 11.6 Å². The molecule has 0 atom stereocenters. The van der Waals surface area contributed by atoms with E-state index < -0.39 is 0 Å². The van der Waals surface area contributed by atoms with Crippen molar-refractivity contribution < 1.29 is 33.2 Å². The van der Waals surface area contributed by atoms with Crippen LogP contribution in [-0.2, 0) is 24.4 Å². The predicted molar refractivity (Wildman–Crippen MR) is 140 cm³/mol. The summed E-state index contributed by atoms with van der Waals surface area (Å²) in [6.45, 7) is 4.00. The van der Waals surface area contributed by atoms with Gasteiger partial charge >= 0.3 is 0 Å². The van der Waals surface area contributed by atoms with Crippen LogP contribution < -0.4 is 23.7 Å². The zero-order valence-corrected chi connectivity index (χ0v) is 22.0. The molecule has 8 nitrogen and oxygen atoms in total. The van der Waals surface area contributed by atoms with Crippen molar-refractivity contribution in [2.24, 2.45) is 0 Å². The predicted octanol–water partition coefficient (Wildman–Crippen LogP) is 5.50. The van der Waals surface area contributed by atoms with Gasteiger partial charge in [-0.15, -0.1) is 0 Å². The summed E-state index contributed by atoms with van der Waals surface area (Å²) in [6.07, 6.45) is 1.69. The van der Waals surface area contributed by atoms with E-state index in [1.54, 1.807) is 32.4 Å². The molecule has 0 fully saturated rings. The van der Waals surface area contributed by atoms with Crippen molar-refractivity contribution in [2.75, 3.05) is 27.7 Å². The van der Waals surface area contributed by atoms with Crippen LogP contribution in [0.2, 0.25) is 5.02 Å². The lowest BCUT2D eigenvalue weighted by atomic mass is 9.98. The molecule has 9 heteroatoms. The molecular weight excluding hydrogens is 510 g/mol. The SMILES string of the molecule is COc1ccc(CN2COc3cc(C)c4c(c3C2)O/C(=C\c2cc(Cl)cc3c2OCOC3)C4=O)cc1OC. The first-order valence-electron chi connectivity index (χ1n) is 12.1. The zero-order valence-electron chi connectivity index (χ0n) is 21.3. The standard InChI is InChI=1S/C29H26ClNO7/c1-16-6-23-21(12-31(14-36-23)11-17-4-5-22(33-2)24(7-17)34-3)29-26(16)27(32)25(38-29)10-18-8-20(30)9-19-13-35-15-37-28(18)19/h4-10H,11-15H2,1-3H3/b25-10-. The second kappa shape index (κ2) is 9.87. The summed E-state index contributed by atoms with van der Waals surface area (Å²) in [6, 6.07) is 11.3. The maximum atomic E-state index is 13.5. The van der Waals surface area contributed by atoms with Gasteiger partial charge in [-0.1, -0.05) is 17.7 Å². The Hall–Kier alpha value is -3.72. The van der Waals surface area contributed by atoms with Gasteiger partial charge in [-0.05, 0) is 54.5 Å². The molecule has 3 aromatic carbocycles. The van der Waals surface area contributed by atoms with Crippen LogP contribution in [0.1, 0.15) is 38.2 Å². The first-order valence-corrected chi connectivity index (χ1v) is 12.5. The van der Waals surface area contributed by atoms with E-state index in [2.05, 4.69) is 4.90 Å². The molecule has 0 unspecified atom stereocenters. The molecular formula is C29H26ClNO7. The summed E-state index contributed by atoms with van der Waals surface area (Å²) >= 11 is 6.33. The lowest BCUT2D eigenvalue weighted by molar-refractivity contribution is -0.0165. The third-order valence-corrected chi connectivity index (χ3v) is 7.05. The third-order valence-electron chi connectivity index (χ3n) is 6.83. The van der Waals surface area contributed by atoms with E-state index in [9.17, 15) is 4.79 Å². The minimum Gasteiger partial charge on any atom is -0.493 e. The molecule has 0 saturated carbocycles. The molecule has 0 N–H and O–H groups in total. The van der Waals surface area contributed by atoms with Crippen LogP contribution in [-0.4, -0.2) is 38.4 Å². The maximum absolute atomic E-state index is 13.5. The Kier molecular flexibility index (Phi) is 6.39. The second-order valence-electron chi connectivity index (χ2n) is 9.36. The maximum Gasteiger partial charge on any atom is 0.232 e. The normalized spacial score (nSPS) is 17.2. The van der Waals surface area contributed by atoms with Crippen molar-refractivity contribution in [3.05, 3.63) is 80.6 Å². The van der Waals surface area contributed by atoms with Gasteiger partial charge in [0.15, 0.2) is 24.1 Å². The molecule has 3 aliphatic rings. The number of rotatable bonds is 5. The summed E-state index contributed by atoms with van der Waals surface area (Å²) in [4.78, 5) is 15.6. The molecule has 0 radical (unpaired) electrons. The fraction of sp³-hybridized carbons (Fsp3) is 0.276. The van der Waals surface area contributed by atoms with E-state index in [0.717, 1.165) is 28.0 Å². The highest BCUT2D eigenvalue weighted by molar-refractivity contribution is 6.31. The number of fused-ring (bicyclic) bond motifs is 4. The van der Waals surface area contributed by atoms with Crippen LogP contribution in [0.3, 0.4) is 0 Å². The molecule has 0 spiro atoms. The number of carbonyl (C=O) groups excluding carboxylic acids is 1. The van der Waals surface area contributed by atoms with Gasteiger partial charge in [-0.2, -0.15) is 0 Å². The Labute approximate surface area is 225 Å². The van der Waals surface area contributed by atoms with Crippen molar-refractivity contribution in [2.45, 2.75) is 26.6 Å². The number of allylic oxidation sites excluding steroid dienone is 1. The average Bonchev–Trinajstić information content (AvgIpc) is 3.25. The van der Waals surface area contributed by atoms with E-state index >= 15 is 0 Å². The van der Waals surface area contributed by atoms with Crippen molar-refractivity contribution >= 4 is 23.5 Å². The zero-order chi connectivity index (χ0) is 26.4. The summed E-state index contributed by atoms with van der Waals surface area (Å²) in [5.74, 6) is 3.28. The van der Waals surface area contributed by atoms with Crippen LogP contribution in [0, 0.1) is 6.92 Å².